The van der Waals surface area contributed by atoms with E-state index in [0.717, 1.165) is 23.4 Å². The Kier molecular flexibility index (Phi) is 2.27. The van der Waals surface area contributed by atoms with Gasteiger partial charge in [0, 0.05) is 17.9 Å². The minimum Gasteiger partial charge on any atom is -0.347 e. The van der Waals surface area contributed by atoms with Crippen LogP contribution in [0.3, 0.4) is 0 Å². The van der Waals surface area contributed by atoms with E-state index in [1.807, 2.05) is 24.3 Å². The molecule has 0 radical (unpaired) electrons. The molecule has 1 saturated carbocycles. The van der Waals surface area contributed by atoms with E-state index in [9.17, 15) is 0 Å². The van der Waals surface area contributed by atoms with Gasteiger partial charge in [-0.05, 0) is 17.7 Å². The molecule has 2 aliphatic rings. The summed E-state index contributed by atoms with van der Waals surface area (Å²) in [5.74, 6) is -0.408. The summed E-state index contributed by atoms with van der Waals surface area (Å²) in [6.07, 6.45) is 1.45. The van der Waals surface area contributed by atoms with Crippen molar-refractivity contribution in [3.63, 3.8) is 0 Å². The van der Waals surface area contributed by atoms with Crippen molar-refractivity contribution in [3.05, 3.63) is 34.9 Å². The van der Waals surface area contributed by atoms with E-state index in [1.54, 1.807) is 0 Å². The molecule has 2 fully saturated rings. The summed E-state index contributed by atoms with van der Waals surface area (Å²) in [5.41, 5.74) is 7.10. The highest BCUT2D eigenvalue weighted by Gasteiger charge is 2.57. The Hall–Kier alpha value is -0.610. The van der Waals surface area contributed by atoms with Crippen molar-refractivity contribution in [1.82, 2.24) is 0 Å². The maximum Gasteiger partial charge on any atom is 0.172 e. The zero-order valence-electron chi connectivity index (χ0n) is 8.91. The topological polar surface area (TPSA) is 44.5 Å². The number of rotatable bonds is 1. The fourth-order valence-electron chi connectivity index (χ4n) is 2.60. The van der Waals surface area contributed by atoms with Gasteiger partial charge >= 0.3 is 0 Å². The van der Waals surface area contributed by atoms with Crippen molar-refractivity contribution in [3.8, 4) is 0 Å². The lowest BCUT2D eigenvalue weighted by Gasteiger charge is -2.50. The number of hydrogen-bond donors (Lipinski definition) is 1. The molecule has 1 saturated heterocycles. The minimum absolute atomic E-state index is 0.324. The Balaban J connectivity index is 1.79. The first-order valence-electron chi connectivity index (χ1n) is 5.45. The molecule has 1 aromatic rings. The summed E-state index contributed by atoms with van der Waals surface area (Å²) in [6, 6.07) is 7.69. The van der Waals surface area contributed by atoms with Crippen molar-refractivity contribution in [1.29, 1.82) is 0 Å². The fraction of sp³-hybridized carbons (Fsp3) is 0.500. The molecule has 1 heterocycles. The van der Waals surface area contributed by atoms with Crippen LogP contribution in [0, 0.1) is 0 Å². The fourth-order valence-corrected chi connectivity index (χ4v) is 2.72. The third kappa shape index (κ3) is 1.55. The molecule has 0 aromatic heterocycles. The van der Waals surface area contributed by atoms with E-state index >= 15 is 0 Å². The van der Waals surface area contributed by atoms with E-state index in [1.165, 1.54) is 0 Å². The van der Waals surface area contributed by atoms with Gasteiger partial charge in [0.25, 0.3) is 0 Å². The van der Waals surface area contributed by atoms with Gasteiger partial charge in [0.05, 0.1) is 18.8 Å². The summed E-state index contributed by atoms with van der Waals surface area (Å²) >= 11 is 5.85. The van der Waals surface area contributed by atoms with Crippen molar-refractivity contribution in [2.24, 2.45) is 5.73 Å². The summed E-state index contributed by atoms with van der Waals surface area (Å²) < 4.78 is 11.2. The van der Waals surface area contributed by atoms with E-state index < -0.39 is 5.79 Å². The lowest BCUT2D eigenvalue weighted by Crippen LogP contribution is -2.60. The van der Waals surface area contributed by atoms with Crippen LogP contribution < -0.4 is 5.73 Å². The van der Waals surface area contributed by atoms with E-state index in [2.05, 4.69) is 0 Å². The normalized spacial score (nSPS) is 25.6. The number of benzene rings is 1. The third-order valence-electron chi connectivity index (χ3n) is 3.40. The van der Waals surface area contributed by atoms with Crippen LogP contribution in [-0.4, -0.2) is 19.0 Å². The summed E-state index contributed by atoms with van der Waals surface area (Å²) in [6.45, 7) is 1.35. The summed E-state index contributed by atoms with van der Waals surface area (Å²) in [5, 5.41) is 0.731. The predicted octanol–water partition coefficient (Wildman–Crippen LogP) is 2.03. The Labute approximate surface area is 99.5 Å². The van der Waals surface area contributed by atoms with Crippen molar-refractivity contribution in [2.45, 2.75) is 24.2 Å². The average molecular weight is 240 g/mol. The summed E-state index contributed by atoms with van der Waals surface area (Å²) in [7, 11) is 0. The second kappa shape index (κ2) is 3.44. The molecule has 1 spiro atoms. The van der Waals surface area contributed by atoms with E-state index in [4.69, 9.17) is 26.8 Å². The van der Waals surface area contributed by atoms with E-state index in [0.29, 0.717) is 13.2 Å². The summed E-state index contributed by atoms with van der Waals surface area (Å²) in [4.78, 5) is 0. The first kappa shape index (κ1) is 10.5. The molecule has 86 valence electrons. The van der Waals surface area contributed by atoms with E-state index in [-0.39, 0.29) is 5.54 Å². The minimum atomic E-state index is -0.408. The third-order valence-corrected chi connectivity index (χ3v) is 3.65. The second-order valence-corrected chi connectivity index (χ2v) is 5.06. The molecule has 0 amide bonds. The molecular formula is C12H14ClNO2. The van der Waals surface area contributed by atoms with Gasteiger partial charge in [-0.1, -0.05) is 23.7 Å². The lowest BCUT2D eigenvalue weighted by molar-refractivity contribution is -0.239. The highest BCUT2D eigenvalue weighted by Crippen LogP contribution is 2.50. The van der Waals surface area contributed by atoms with Crippen LogP contribution in [-0.2, 0) is 15.0 Å². The van der Waals surface area contributed by atoms with Gasteiger partial charge < -0.3 is 15.2 Å². The van der Waals surface area contributed by atoms with Crippen LogP contribution >= 0.6 is 11.6 Å². The molecular weight excluding hydrogens is 226 g/mol. The highest BCUT2D eigenvalue weighted by molar-refractivity contribution is 6.30. The predicted molar refractivity (Wildman–Crippen MR) is 61.2 cm³/mol. The Morgan fingerprint density at radius 3 is 2.19 bits per heavy atom. The molecule has 3 nitrogen and oxygen atoms in total. The quantitative estimate of drug-likeness (QED) is 0.816. The molecule has 0 atom stereocenters. The van der Waals surface area contributed by atoms with Gasteiger partial charge in [-0.3, -0.25) is 0 Å². The number of nitrogens with two attached hydrogens (primary N) is 1. The van der Waals surface area contributed by atoms with Crippen LogP contribution in [0.4, 0.5) is 0 Å². The maximum absolute atomic E-state index is 6.33. The monoisotopic (exact) mass is 239 g/mol. The molecule has 0 bridgehead atoms. The van der Waals surface area contributed by atoms with Crippen molar-refractivity contribution < 1.29 is 9.47 Å². The van der Waals surface area contributed by atoms with Crippen LogP contribution in [0.15, 0.2) is 24.3 Å². The molecule has 1 aromatic carbocycles. The van der Waals surface area contributed by atoms with Crippen molar-refractivity contribution >= 4 is 11.6 Å². The molecule has 3 rings (SSSR count). The number of ether oxygens (including phenoxy) is 2. The first-order valence-corrected chi connectivity index (χ1v) is 5.83. The highest BCUT2D eigenvalue weighted by atomic mass is 35.5. The Bertz CT molecular complexity index is 390. The lowest BCUT2D eigenvalue weighted by atomic mass is 9.68. The van der Waals surface area contributed by atoms with Gasteiger partial charge in [0.2, 0.25) is 0 Å². The standard InChI is InChI=1S/C12H14ClNO2/c13-10-3-1-9(2-4-10)11(14)7-12(8-11)15-5-6-16-12/h1-4H,5-8,14H2. The smallest absolute Gasteiger partial charge is 0.172 e. The number of halogens is 1. The second-order valence-electron chi connectivity index (χ2n) is 4.62. The Morgan fingerprint density at radius 1 is 1.06 bits per heavy atom. The van der Waals surface area contributed by atoms with Gasteiger partial charge in [-0.2, -0.15) is 0 Å². The maximum atomic E-state index is 6.33. The molecule has 2 N–H and O–H groups in total. The van der Waals surface area contributed by atoms with Gasteiger partial charge in [-0.25, -0.2) is 0 Å². The van der Waals surface area contributed by atoms with Crippen LogP contribution in [0.25, 0.3) is 0 Å². The first-order chi connectivity index (χ1) is 7.62. The van der Waals surface area contributed by atoms with Crippen LogP contribution in [0.2, 0.25) is 5.02 Å². The zero-order chi connectivity index (χ0) is 11.2. The molecule has 1 aliphatic heterocycles. The largest absolute Gasteiger partial charge is 0.347 e. The molecule has 4 heteroatoms. The average Bonchev–Trinajstić information content (AvgIpc) is 2.66. The molecule has 1 aliphatic carbocycles. The Morgan fingerprint density at radius 2 is 1.62 bits per heavy atom. The van der Waals surface area contributed by atoms with Crippen LogP contribution in [0.5, 0.6) is 0 Å². The molecule has 16 heavy (non-hydrogen) atoms. The van der Waals surface area contributed by atoms with Gasteiger partial charge in [0.1, 0.15) is 0 Å². The van der Waals surface area contributed by atoms with Gasteiger partial charge in [-0.15, -0.1) is 0 Å². The molecule has 0 unspecified atom stereocenters. The van der Waals surface area contributed by atoms with Crippen molar-refractivity contribution in [2.75, 3.05) is 13.2 Å². The van der Waals surface area contributed by atoms with Crippen LogP contribution in [0.1, 0.15) is 18.4 Å². The number of hydrogen-bond acceptors (Lipinski definition) is 3. The SMILES string of the molecule is NC1(c2ccc(Cl)cc2)CC2(C1)OCCO2. The van der Waals surface area contributed by atoms with Gasteiger partial charge in [0.15, 0.2) is 5.79 Å². The zero-order valence-corrected chi connectivity index (χ0v) is 9.67.